The average molecular weight is 240 g/mol. The van der Waals surface area contributed by atoms with Gasteiger partial charge in [-0.05, 0) is 23.3 Å². The van der Waals surface area contributed by atoms with Crippen molar-refractivity contribution in [3.63, 3.8) is 0 Å². The van der Waals surface area contributed by atoms with Gasteiger partial charge >= 0.3 is 0 Å². The number of hydrogen-bond acceptors (Lipinski definition) is 2. The molecule has 3 N–H and O–H groups in total. The van der Waals surface area contributed by atoms with Crippen LogP contribution in [0.25, 0.3) is 11.1 Å². The molecule has 1 amide bonds. The molecule has 2 aromatic carbocycles. The van der Waals surface area contributed by atoms with E-state index in [1.807, 2.05) is 48.5 Å². The van der Waals surface area contributed by atoms with Crippen LogP contribution in [-0.2, 0) is 0 Å². The quantitative estimate of drug-likeness (QED) is 0.859. The van der Waals surface area contributed by atoms with E-state index in [1.165, 1.54) is 0 Å². The smallest absolute Gasteiger partial charge is 0.251 e. The van der Waals surface area contributed by atoms with Crippen LogP contribution in [0.5, 0.6) is 0 Å². The van der Waals surface area contributed by atoms with E-state index in [0.29, 0.717) is 18.7 Å². The second-order valence-corrected chi connectivity index (χ2v) is 3.99. The van der Waals surface area contributed by atoms with Crippen molar-refractivity contribution < 1.29 is 4.79 Å². The van der Waals surface area contributed by atoms with Gasteiger partial charge in [0.25, 0.3) is 5.91 Å². The summed E-state index contributed by atoms with van der Waals surface area (Å²) in [4.78, 5) is 11.8. The summed E-state index contributed by atoms with van der Waals surface area (Å²) in [6, 6.07) is 17.6. The minimum Gasteiger partial charge on any atom is -0.351 e. The van der Waals surface area contributed by atoms with Gasteiger partial charge < -0.3 is 11.1 Å². The molecule has 0 saturated carbocycles. The van der Waals surface area contributed by atoms with Crippen molar-refractivity contribution in [2.75, 3.05) is 13.1 Å². The van der Waals surface area contributed by atoms with E-state index in [0.717, 1.165) is 11.1 Å². The monoisotopic (exact) mass is 240 g/mol. The van der Waals surface area contributed by atoms with Crippen LogP contribution in [0.3, 0.4) is 0 Å². The third-order valence-corrected chi connectivity index (χ3v) is 2.66. The van der Waals surface area contributed by atoms with Crippen LogP contribution in [0.1, 0.15) is 10.4 Å². The molecule has 0 unspecified atom stereocenters. The van der Waals surface area contributed by atoms with E-state index in [9.17, 15) is 4.79 Å². The minimum atomic E-state index is -0.0850. The molecule has 0 aliphatic carbocycles. The molecule has 0 aliphatic heterocycles. The Bertz CT molecular complexity index is 523. The number of nitrogens with two attached hydrogens (primary N) is 1. The highest BCUT2D eigenvalue weighted by molar-refractivity contribution is 5.95. The summed E-state index contributed by atoms with van der Waals surface area (Å²) in [6.07, 6.45) is 0. The highest BCUT2D eigenvalue weighted by Crippen LogP contribution is 2.19. The Labute approximate surface area is 107 Å². The second-order valence-electron chi connectivity index (χ2n) is 3.99. The molecule has 0 saturated heterocycles. The van der Waals surface area contributed by atoms with Crippen molar-refractivity contribution in [2.45, 2.75) is 0 Å². The molecule has 0 fully saturated rings. The van der Waals surface area contributed by atoms with Gasteiger partial charge in [-0.15, -0.1) is 0 Å². The Morgan fingerprint density at radius 3 is 2.44 bits per heavy atom. The Balaban J connectivity index is 2.23. The number of carbonyl (C=O) groups is 1. The standard InChI is InChI=1S/C15H16N2O/c16-9-10-17-15(18)14-8-4-7-13(11-14)12-5-2-1-3-6-12/h1-8,11H,9-10,16H2,(H,17,18). The number of nitrogens with one attached hydrogen (secondary N) is 1. The zero-order valence-electron chi connectivity index (χ0n) is 10.1. The first-order chi connectivity index (χ1) is 8.81. The van der Waals surface area contributed by atoms with Gasteiger partial charge in [-0.3, -0.25) is 4.79 Å². The van der Waals surface area contributed by atoms with Gasteiger partial charge in [-0.1, -0.05) is 42.5 Å². The van der Waals surface area contributed by atoms with Crippen molar-refractivity contribution in [1.29, 1.82) is 0 Å². The molecule has 3 heteroatoms. The van der Waals surface area contributed by atoms with Gasteiger partial charge in [0.1, 0.15) is 0 Å². The summed E-state index contributed by atoms with van der Waals surface area (Å²) in [5.74, 6) is -0.0850. The molecule has 0 spiro atoms. The van der Waals surface area contributed by atoms with E-state index in [1.54, 1.807) is 6.07 Å². The number of carbonyl (C=O) groups excluding carboxylic acids is 1. The summed E-state index contributed by atoms with van der Waals surface area (Å²) >= 11 is 0. The van der Waals surface area contributed by atoms with Crippen molar-refractivity contribution in [1.82, 2.24) is 5.32 Å². The molecule has 3 nitrogen and oxygen atoms in total. The number of benzene rings is 2. The van der Waals surface area contributed by atoms with Gasteiger partial charge in [-0.2, -0.15) is 0 Å². The van der Waals surface area contributed by atoms with Crippen LogP contribution in [-0.4, -0.2) is 19.0 Å². The zero-order valence-corrected chi connectivity index (χ0v) is 10.1. The summed E-state index contributed by atoms with van der Waals surface area (Å²) in [5, 5.41) is 2.76. The first-order valence-corrected chi connectivity index (χ1v) is 5.95. The van der Waals surface area contributed by atoms with E-state index in [2.05, 4.69) is 5.32 Å². The molecule has 0 radical (unpaired) electrons. The van der Waals surface area contributed by atoms with Crippen molar-refractivity contribution in [3.8, 4) is 11.1 Å². The van der Waals surface area contributed by atoms with Crippen LogP contribution in [0.2, 0.25) is 0 Å². The maximum atomic E-state index is 11.8. The molecule has 92 valence electrons. The Hall–Kier alpha value is -2.13. The maximum Gasteiger partial charge on any atom is 0.251 e. The molecule has 2 aromatic rings. The van der Waals surface area contributed by atoms with Crippen molar-refractivity contribution in [2.24, 2.45) is 5.73 Å². The number of rotatable bonds is 4. The van der Waals surface area contributed by atoms with Crippen molar-refractivity contribution in [3.05, 3.63) is 60.2 Å². The van der Waals surface area contributed by atoms with E-state index in [-0.39, 0.29) is 5.91 Å². The summed E-state index contributed by atoms with van der Waals surface area (Å²) in [5.41, 5.74) is 8.16. The van der Waals surface area contributed by atoms with Gasteiger partial charge in [0.15, 0.2) is 0 Å². The number of hydrogen-bond donors (Lipinski definition) is 2. The minimum absolute atomic E-state index is 0.0850. The van der Waals surface area contributed by atoms with Crippen LogP contribution < -0.4 is 11.1 Å². The summed E-state index contributed by atoms with van der Waals surface area (Å²) < 4.78 is 0. The lowest BCUT2D eigenvalue weighted by Gasteiger charge is -2.06. The van der Waals surface area contributed by atoms with Crippen molar-refractivity contribution >= 4 is 5.91 Å². The fourth-order valence-corrected chi connectivity index (χ4v) is 1.76. The normalized spacial score (nSPS) is 10.1. The summed E-state index contributed by atoms with van der Waals surface area (Å²) in [7, 11) is 0. The van der Waals surface area contributed by atoms with Gasteiger partial charge in [0, 0.05) is 18.7 Å². The lowest BCUT2D eigenvalue weighted by Crippen LogP contribution is -2.28. The molecular formula is C15H16N2O. The van der Waals surface area contributed by atoms with Gasteiger partial charge in [0.2, 0.25) is 0 Å². The number of amides is 1. The molecule has 0 aliphatic rings. The van der Waals surface area contributed by atoms with Crippen LogP contribution >= 0.6 is 0 Å². The fourth-order valence-electron chi connectivity index (χ4n) is 1.76. The summed E-state index contributed by atoms with van der Waals surface area (Å²) in [6.45, 7) is 0.943. The molecule has 0 aromatic heterocycles. The van der Waals surface area contributed by atoms with Gasteiger partial charge in [0.05, 0.1) is 0 Å². The zero-order chi connectivity index (χ0) is 12.8. The van der Waals surface area contributed by atoms with E-state index in [4.69, 9.17) is 5.73 Å². The first kappa shape index (κ1) is 12.3. The predicted molar refractivity (Wildman–Crippen MR) is 73.3 cm³/mol. The third kappa shape index (κ3) is 2.96. The Morgan fingerprint density at radius 1 is 1.00 bits per heavy atom. The maximum absolute atomic E-state index is 11.8. The second kappa shape index (κ2) is 5.98. The highest BCUT2D eigenvalue weighted by Gasteiger charge is 2.05. The third-order valence-electron chi connectivity index (χ3n) is 2.66. The van der Waals surface area contributed by atoms with Gasteiger partial charge in [-0.25, -0.2) is 0 Å². The van der Waals surface area contributed by atoms with Crippen LogP contribution in [0.4, 0.5) is 0 Å². The lowest BCUT2D eigenvalue weighted by molar-refractivity contribution is 0.0955. The topological polar surface area (TPSA) is 55.1 Å². The molecule has 18 heavy (non-hydrogen) atoms. The Kier molecular flexibility index (Phi) is 4.10. The average Bonchev–Trinajstić information content (AvgIpc) is 2.46. The molecule has 0 bridgehead atoms. The molecule has 2 rings (SSSR count). The first-order valence-electron chi connectivity index (χ1n) is 5.95. The van der Waals surface area contributed by atoms with Crippen LogP contribution in [0, 0.1) is 0 Å². The predicted octanol–water partition coefficient (Wildman–Crippen LogP) is 2.04. The van der Waals surface area contributed by atoms with E-state index >= 15 is 0 Å². The largest absolute Gasteiger partial charge is 0.351 e. The fraction of sp³-hybridized carbons (Fsp3) is 0.133. The van der Waals surface area contributed by atoms with E-state index < -0.39 is 0 Å². The Morgan fingerprint density at radius 2 is 1.72 bits per heavy atom. The highest BCUT2D eigenvalue weighted by atomic mass is 16.1. The SMILES string of the molecule is NCCNC(=O)c1cccc(-c2ccccc2)c1. The molecule has 0 heterocycles. The molecule has 0 atom stereocenters. The molecular weight excluding hydrogens is 224 g/mol. The van der Waals surface area contributed by atoms with Crippen LogP contribution in [0.15, 0.2) is 54.6 Å². The lowest BCUT2D eigenvalue weighted by atomic mass is 10.0.